The number of sulfonamides is 1. The number of hydrogen-bond acceptors (Lipinski definition) is 4. The van der Waals surface area contributed by atoms with Gasteiger partial charge in [-0.15, -0.1) is 0 Å². The minimum absolute atomic E-state index is 0.0690. The molecular weight excluding hydrogens is 295 g/mol. The van der Waals surface area contributed by atoms with Crippen molar-refractivity contribution < 1.29 is 17.5 Å². The topological polar surface area (TPSA) is 59.5 Å². The zero-order valence-corrected chi connectivity index (χ0v) is 12.3. The number of halogens is 1. The summed E-state index contributed by atoms with van der Waals surface area (Å²) in [5, 5.41) is 0.302. The lowest BCUT2D eigenvalue weighted by molar-refractivity contribution is 0.0393. The minimum atomic E-state index is -3.71. The second-order valence-electron chi connectivity index (χ2n) is 4.98. The first kappa shape index (κ1) is 14.4. The summed E-state index contributed by atoms with van der Waals surface area (Å²) in [4.78, 5) is 4.02. The van der Waals surface area contributed by atoms with Gasteiger partial charge in [0.15, 0.2) is 0 Å². The summed E-state index contributed by atoms with van der Waals surface area (Å²) in [6.45, 7) is 2.81. The molecular formula is C14H15FN2O3S. The first-order valence-corrected chi connectivity index (χ1v) is 8.08. The molecule has 1 atom stereocenters. The molecule has 0 spiro atoms. The molecule has 7 heteroatoms. The fraction of sp³-hybridized carbons (Fsp3) is 0.357. The molecule has 5 nitrogen and oxygen atoms in total. The van der Waals surface area contributed by atoms with E-state index in [4.69, 9.17) is 4.74 Å². The number of pyridine rings is 1. The van der Waals surface area contributed by atoms with E-state index in [1.165, 1.54) is 16.6 Å². The number of benzene rings is 1. The maximum Gasteiger partial charge on any atom is 0.244 e. The Morgan fingerprint density at radius 2 is 2.19 bits per heavy atom. The van der Waals surface area contributed by atoms with Crippen LogP contribution in [0.5, 0.6) is 0 Å². The third kappa shape index (κ3) is 2.41. The van der Waals surface area contributed by atoms with E-state index in [-0.39, 0.29) is 16.5 Å². The molecule has 0 N–H and O–H groups in total. The molecule has 1 aliphatic rings. The van der Waals surface area contributed by atoms with E-state index >= 15 is 0 Å². The van der Waals surface area contributed by atoms with E-state index in [9.17, 15) is 12.8 Å². The van der Waals surface area contributed by atoms with Crippen LogP contribution in [0.4, 0.5) is 4.39 Å². The van der Waals surface area contributed by atoms with E-state index < -0.39 is 15.8 Å². The zero-order valence-electron chi connectivity index (χ0n) is 11.5. The summed E-state index contributed by atoms with van der Waals surface area (Å²) in [5.74, 6) is -0.528. The van der Waals surface area contributed by atoms with Gasteiger partial charge in [0, 0.05) is 24.2 Å². The first-order chi connectivity index (χ1) is 10.0. The van der Waals surface area contributed by atoms with Crippen molar-refractivity contribution in [3.63, 3.8) is 0 Å². The van der Waals surface area contributed by atoms with Crippen molar-refractivity contribution in [2.75, 3.05) is 19.8 Å². The molecule has 0 bridgehead atoms. The predicted molar refractivity (Wildman–Crippen MR) is 75.9 cm³/mol. The van der Waals surface area contributed by atoms with Crippen molar-refractivity contribution >= 4 is 20.9 Å². The monoisotopic (exact) mass is 310 g/mol. The number of fused-ring (bicyclic) bond motifs is 1. The number of rotatable bonds is 2. The summed E-state index contributed by atoms with van der Waals surface area (Å²) >= 11 is 0. The molecule has 0 aliphatic carbocycles. The highest BCUT2D eigenvalue weighted by Crippen LogP contribution is 2.28. The van der Waals surface area contributed by atoms with Crippen molar-refractivity contribution in [2.24, 2.45) is 0 Å². The van der Waals surface area contributed by atoms with Crippen LogP contribution < -0.4 is 0 Å². The molecule has 0 amide bonds. The Kier molecular flexibility index (Phi) is 3.64. The minimum Gasteiger partial charge on any atom is -0.378 e. The molecule has 0 unspecified atom stereocenters. The molecule has 21 heavy (non-hydrogen) atoms. The van der Waals surface area contributed by atoms with Gasteiger partial charge < -0.3 is 4.74 Å². The summed E-state index contributed by atoms with van der Waals surface area (Å²) in [5.41, 5.74) is 0.0690. The lowest BCUT2D eigenvalue weighted by atomic mass is 10.2. The van der Waals surface area contributed by atoms with Crippen LogP contribution >= 0.6 is 0 Å². The van der Waals surface area contributed by atoms with Crippen LogP contribution in [0.15, 0.2) is 35.4 Å². The van der Waals surface area contributed by atoms with Crippen molar-refractivity contribution in [1.82, 2.24) is 9.29 Å². The second-order valence-corrected chi connectivity index (χ2v) is 6.84. The number of ether oxygens (including phenoxy) is 1. The quantitative estimate of drug-likeness (QED) is 0.848. The molecule has 1 aliphatic heterocycles. The smallest absolute Gasteiger partial charge is 0.244 e. The maximum atomic E-state index is 13.8. The van der Waals surface area contributed by atoms with Gasteiger partial charge in [0.2, 0.25) is 10.0 Å². The standard InChI is InChI=1S/C14H15FN2O3S/c1-10-9-20-8-7-17(10)21(18,19)13-5-4-12(15)14-11(13)3-2-6-16-14/h2-6,10H,7-9H2,1H3/t10-/m0/s1. The van der Waals surface area contributed by atoms with E-state index in [2.05, 4.69) is 4.98 Å². The van der Waals surface area contributed by atoms with Gasteiger partial charge in [-0.3, -0.25) is 4.98 Å². The van der Waals surface area contributed by atoms with Crippen LogP contribution in [-0.4, -0.2) is 43.5 Å². The summed E-state index contributed by atoms with van der Waals surface area (Å²) in [6, 6.07) is 5.37. The molecule has 0 radical (unpaired) electrons. The highest BCUT2D eigenvalue weighted by atomic mass is 32.2. The molecule has 1 saturated heterocycles. The van der Waals surface area contributed by atoms with Crippen LogP contribution in [0, 0.1) is 5.82 Å². The van der Waals surface area contributed by atoms with Gasteiger partial charge in [0.05, 0.1) is 18.1 Å². The van der Waals surface area contributed by atoms with Crippen LogP contribution in [0.25, 0.3) is 10.9 Å². The SMILES string of the molecule is C[C@H]1COCCN1S(=O)(=O)c1ccc(F)c2ncccc12. The Labute approximate surface area is 122 Å². The molecule has 2 heterocycles. The number of morpholine rings is 1. The van der Waals surface area contributed by atoms with Gasteiger partial charge in [0.1, 0.15) is 11.3 Å². The van der Waals surface area contributed by atoms with Crippen molar-refractivity contribution in [1.29, 1.82) is 0 Å². The molecule has 1 aromatic heterocycles. The summed E-state index contributed by atoms with van der Waals surface area (Å²) in [6.07, 6.45) is 1.44. The highest BCUT2D eigenvalue weighted by molar-refractivity contribution is 7.89. The maximum absolute atomic E-state index is 13.8. The molecule has 2 aromatic rings. The van der Waals surface area contributed by atoms with Gasteiger partial charge in [-0.25, -0.2) is 12.8 Å². The largest absolute Gasteiger partial charge is 0.378 e. The van der Waals surface area contributed by atoms with Crippen LogP contribution in [0.3, 0.4) is 0 Å². The summed E-state index contributed by atoms with van der Waals surface area (Å²) < 4.78 is 46.1. The molecule has 3 rings (SSSR count). The normalized spacial score (nSPS) is 20.8. The van der Waals surface area contributed by atoms with Crippen molar-refractivity contribution in [3.8, 4) is 0 Å². The predicted octanol–water partition coefficient (Wildman–Crippen LogP) is 1.78. The first-order valence-electron chi connectivity index (χ1n) is 6.64. The van der Waals surface area contributed by atoms with Crippen molar-refractivity contribution in [2.45, 2.75) is 17.9 Å². The number of aromatic nitrogens is 1. The van der Waals surface area contributed by atoms with E-state index in [1.54, 1.807) is 19.1 Å². The van der Waals surface area contributed by atoms with E-state index in [0.29, 0.717) is 25.1 Å². The van der Waals surface area contributed by atoms with Crippen molar-refractivity contribution in [3.05, 3.63) is 36.3 Å². The Morgan fingerprint density at radius 3 is 2.95 bits per heavy atom. The van der Waals surface area contributed by atoms with Gasteiger partial charge in [-0.1, -0.05) is 0 Å². The fourth-order valence-electron chi connectivity index (χ4n) is 2.53. The van der Waals surface area contributed by atoms with Gasteiger partial charge in [-0.2, -0.15) is 4.31 Å². The van der Waals surface area contributed by atoms with E-state index in [1.807, 2.05) is 0 Å². The molecule has 112 valence electrons. The number of hydrogen-bond donors (Lipinski definition) is 0. The van der Waals surface area contributed by atoms with Gasteiger partial charge >= 0.3 is 0 Å². The van der Waals surface area contributed by atoms with Gasteiger partial charge in [0.25, 0.3) is 0 Å². The van der Waals surface area contributed by atoms with E-state index in [0.717, 1.165) is 6.07 Å². The van der Waals surface area contributed by atoms with Crippen LogP contribution in [0.1, 0.15) is 6.92 Å². The Balaban J connectivity index is 2.17. The average Bonchev–Trinajstić information content (AvgIpc) is 2.48. The lowest BCUT2D eigenvalue weighted by Gasteiger charge is -2.32. The Hall–Kier alpha value is -1.57. The third-order valence-electron chi connectivity index (χ3n) is 3.57. The third-order valence-corrected chi connectivity index (χ3v) is 5.65. The molecule has 1 fully saturated rings. The highest BCUT2D eigenvalue weighted by Gasteiger charge is 2.32. The summed E-state index contributed by atoms with van der Waals surface area (Å²) in [7, 11) is -3.71. The Bertz CT molecular complexity index is 779. The zero-order chi connectivity index (χ0) is 15.0. The molecule has 0 saturated carbocycles. The second kappa shape index (κ2) is 5.32. The van der Waals surface area contributed by atoms with Crippen LogP contribution in [-0.2, 0) is 14.8 Å². The van der Waals surface area contributed by atoms with Crippen LogP contribution in [0.2, 0.25) is 0 Å². The number of nitrogens with zero attached hydrogens (tertiary/aromatic N) is 2. The molecule has 1 aromatic carbocycles. The average molecular weight is 310 g/mol. The lowest BCUT2D eigenvalue weighted by Crippen LogP contribution is -2.46. The Morgan fingerprint density at radius 1 is 1.38 bits per heavy atom. The fourth-order valence-corrected chi connectivity index (χ4v) is 4.32. The van der Waals surface area contributed by atoms with Gasteiger partial charge in [-0.05, 0) is 31.2 Å².